The second-order valence-corrected chi connectivity index (χ2v) is 8.04. The number of methoxy groups -OCH3 is 3. The predicted molar refractivity (Wildman–Crippen MR) is 94.5 cm³/mol. The predicted octanol–water partition coefficient (Wildman–Crippen LogP) is 0.344. The Bertz CT molecular complexity index is 767. The van der Waals surface area contributed by atoms with Gasteiger partial charge in [-0.05, 0) is 6.42 Å². The van der Waals surface area contributed by atoms with Crippen LogP contribution in [-0.2, 0) is 19.4 Å². The van der Waals surface area contributed by atoms with Gasteiger partial charge in [0.05, 0.1) is 32.8 Å². The number of anilines is 1. The van der Waals surface area contributed by atoms with E-state index >= 15 is 0 Å². The number of carbonyl (C=O) groups is 2. The molecule has 0 bridgehead atoms. The Balaban J connectivity index is 1.98. The van der Waals surface area contributed by atoms with Crippen LogP contribution in [0.25, 0.3) is 0 Å². The fraction of sp³-hybridized carbons (Fsp3) is 0.500. The van der Waals surface area contributed by atoms with Crippen molar-refractivity contribution < 1.29 is 32.2 Å². The van der Waals surface area contributed by atoms with Crippen LogP contribution in [-0.4, -0.2) is 59.1 Å². The average molecular weight is 386 g/mol. The van der Waals surface area contributed by atoms with Crippen molar-refractivity contribution in [3.05, 3.63) is 12.1 Å². The van der Waals surface area contributed by atoms with E-state index in [1.54, 1.807) is 12.1 Å². The van der Waals surface area contributed by atoms with E-state index < -0.39 is 34.1 Å². The first kappa shape index (κ1) is 19.8. The van der Waals surface area contributed by atoms with Gasteiger partial charge >= 0.3 is 0 Å². The van der Waals surface area contributed by atoms with E-state index in [9.17, 15) is 18.0 Å². The van der Waals surface area contributed by atoms with Crippen LogP contribution in [0.1, 0.15) is 12.8 Å². The monoisotopic (exact) mass is 386 g/mol. The zero-order valence-corrected chi connectivity index (χ0v) is 15.6. The highest BCUT2D eigenvalue weighted by atomic mass is 32.2. The summed E-state index contributed by atoms with van der Waals surface area (Å²) in [6.45, 7) is 0. The topological polar surface area (TPSA) is 120 Å². The van der Waals surface area contributed by atoms with Gasteiger partial charge in [0.2, 0.25) is 17.6 Å². The maximum absolute atomic E-state index is 12.1. The molecule has 1 unspecified atom stereocenters. The Kier molecular flexibility index (Phi) is 6.30. The summed E-state index contributed by atoms with van der Waals surface area (Å²) >= 11 is 0. The van der Waals surface area contributed by atoms with Crippen molar-refractivity contribution >= 4 is 27.3 Å². The number of benzene rings is 1. The fourth-order valence-corrected chi connectivity index (χ4v) is 4.37. The molecular formula is C16H22N2O7S. The number of hydrogen-bond donors (Lipinski definition) is 2. The van der Waals surface area contributed by atoms with Gasteiger partial charge in [0.15, 0.2) is 21.3 Å². The molecule has 1 saturated heterocycles. The molecule has 0 aromatic heterocycles. The van der Waals surface area contributed by atoms with Crippen LogP contribution in [0.2, 0.25) is 0 Å². The van der Waals surface area contributed by atoms with Crippen LogP contribution >= 0.6 is 0 Å². The molecule has 0 saturated carbocycles. The van der Waals surface area contributed by atoms with Crippen molar-refractivity contribution in [1.82, 2.24) is 5.32 Å². The first-order valence-corrected chi connectivity index (χ1v) is 9.69. The molecule has 0 aliphatic carbocycles. The van der Waals surface area contributed by atoms with Gasteiger partial charge in [-0.2, -0.15) is 0 Å². The Morgan fingerprint density at radius 2 is 1.69 bits per heavy atom. The molecule has 0 spiro atoms. The zero-order valence-electron chi connectivity index (χ0n) is 14.8. The van der Waals surface area contributed by atoms with Crippen LogP contribution in [0.3, 0.4) is 0 Å². The van der Waals surface area contributed by atoms with Crippen LogP contribution in [0, 0.1) is 0 Å². The summed E-state index contributed by atoms with van der Waals surface area (Å²) in [7, 11) is 1.27. The number of hydrogen-bond acceptors (Lipinski definition) is 7. The Morgan fingerprint density at radius 3 is 2.15 bits per heavy atom. The standard InChI is InChI=1S/C16H22N2O7S/c1-23-12-6-11(7-13(24-2)16(12)25-3)18-15(20)8-14(19)17-10-4-5-26(21,22)9-10/h6-7,10H,4-5,8-9H2,1-3H3,(H,17,19)(H,18,20). The molecule has 1 atom stereocenters. The van der Waals surface area contributed by atoms with Crippen LogP contribution in [0.4, 0.5) is 5.69 Å². The van der Waals surface area contributed by atoms with Crippen LogP contribution in [0.15, 0.2) is 12.1 Å². The Labute approximate surface area is 151 Å². The quantitative estimate of drug-likeness (QED) is 0.649. The molecule has 26 heavy (non-hydrogen) atoms. The molecule has 2 amide bonds. The normalized spacial score (nSPS) is 18.0. The third-order valence-corrected chi connectivity index (χ3v) is 5.64. The lowest BCUT2D eigenvalue weighted by Gasteiger charge is -2.15. The van der Waals surface area contributed by atoms with Crippen molar-refractivity contribution in [2.45, 2.75) is 18.9 Å². The molecular weight excluding hydrogens is 364 g/mol. The lowest BCUT2D eigenvalue weighted by Crippen LogP contribution is -2.37. The van der Waals surface area contributed by atoms with E-state index in [0.717, 1.165) is 0 Å². The smallest absolute Gasteiger partial charge is 0.233 e. The number of amides is 2. The van der Waals surface area contributed by atoms with E-state index in [1.807, 2.05) is 0 Å². The second-order valence-electron chi connectivity index (χ2n) is 5.81. The van der Waals surface area contributed by atoms with Gasteiger partial charge < -0.3 is 24.8 Å². The van der Waals surface area contributed by atoms with E-state index in [4.69, 9.17) is 14.2 Å². The maximum Gasteiger partial charge on any atom is 0.233 e. The van der Waals surface area contributed by atoms with Gasteiger partial charge in [-0.25, -0.2) is 8.42 Å². The molecule has 1 heterocycles. The first-order valence-electron chi connectivity index (χ1n) is 7.87. The van der Waals surface area contributed by atoms with E-state index in [0.29, 0.717) is 29.4 Å². The molecule has 144 valence electrons. The zero-order chi connectivity index (χ0) is 19.3. The minimum Gasteiger partial charge on any atom is -0.493 e. The molecule has 1 fully saturated rings. The van der Waals surface area contributed by atoms with Gasteiger partial charge in [-0.15, -0.1) is 0 Å². The maximum atomic E-state index is 12.1. The molecule has 10 heteroatoms. The van der Waals surface area contributed by atoms with Gasteiger partial charge in [-0.3, -0.25) is 9.59 Å². The molecule has 1 aromatic rings. The van der Waals surface area contributed by atoms with Crippen molar-refractivity contribution in [2.75, 3.05) is 38.2 Å². The minimum atomic E-state index is -3.10. The number of nitrogens with one attached hydrogen (secondary N) is 2. The molecule has 9 nitrogen and oxygen atoms in total. The van der Waals surface area contributed by atoms with Crippen LogP contribution < -0.4 is 24.8 Å². The summed E-state index contributed by atoms with van der Waals surface area (Å²) < 4.78 is 38.4. The van der Waals surface area contributed by atoms with Crippen molar-refractivity contribution in [3.63, 3.8) is 0 Å². The van der Waals surface area contributed by atoms with Gasteiger partial charge in [0, 0.05) is 23.9 Å². The summed E-state index contributed by atoms with van der Waals surface area (Å²) in [5, 5.41) is 5.15. The molecule has 0 radical (unpaired) electrons. The van der Waals surface area contributed by atoms with Crippen molar-refractivity contribution in [3.8, 4) is 17.2 Å². The Hall–Kier alpha value is -2.49. The van der Waals surface area contributed by atoms with E-state index in [-0.39, 0.29) is 11.5 Å². The van der Waals surface area contributed by atoms with Gasteiger partial charge in [-0.1, -0.05) is 0 Å². The third-order valence-electron chi connectivity index (χ3n) is 3.87. The highest BCUT2D eigenvalue weighted by Crippen LogP contribution is 2.39. The fourth-order valence-electron chi connectivity index (χ4n) is 2.69. The van der Waals surface area contributed by atoms with Gasteiger partial charge in [0.25, 0.3) is 0 Å². The minimum absolute atomic E-state index is 0.0512. The average Bonchev–Trinajstić information content (AvgIpc) is 2.91. The van der Waals surface area contributed by atoms with E-state index in [2.05, 4.69) is 10.6 Å². The molecule has 2 N–H and O–H groups in total. The van der Waals surface area contributed by atoms with Gasteiger partial charge in [0.1, 0.15) is 6.42 Å². The third kappa shape index (κ3) is 5.01. The lowest BCUT2D eigenvalue weighted by atomic mass is 10.2. The van der Waals surface area contributed by atoms with Crippen molar-refractivity contribution in [2.24, 2.45) is 0 Å². The first-order chi connectivity index (χ1) is 12.3. The summed E-state index contributed by atoms with van der Waals surface area (Å²) in [4.78, 5) is 24.0. The number of sulfone groups is 1. The molecule has 1 aromatic carbocycles. The number of carbonyl (C=O) groups excluding carboxylic acids is 2. The van der Waals surface area contributed by atoms with Crippen LogP contribution in [0.5, 0.6) is 17.2 Å². The number of ether oxygens (including phenoxy) is 3. The largest absolute Gasteiger partial charge is 0.493 e. The van der Waals surface area contributed by atoms with E-state index in [1.165, 1.54) is 21.3 Å². The van der Waals surface area contributed by atoms with Crippen molar-refractivity contribution in [1.29, 1.82) is 0 Å². The summed E-state index contributed by atoms with van der Waals surface area (Å²) in [5.74, 6) is -0.00333. The molecule has 2 rings (SSSR count). The SMILES string of the molecule is COc1cc(NC(=O)CC(=O)NC2CCS(=O)(=O)C2)cc(OC)c1OC. The molecule has 1 aliphatic heterocycles. The second kappa shape index (κ2) is 8.26. The highest BCUT2D eigenvalue weighted by molar-refractivity contribution is 7.91. The number of rotatable bonds is 7. The Morgan fingerprint density at radius 1 is 1.08 bits per heavy atom. The highest BCUT2D eigenvalue weighted by Gasteiger charge is 2.29. The lowest BCUT2D eigenvalue weighted by molar-refractivity contribution is -0.127. The summed E-state index contributed by atoms with van der Waals surface area (Å²) in [6.07, 6.45) is -0.0597. The summed E-state index contributed by atoms with van der Waals surface area (Å²) in [6, 6.07) is 2.64. The molecule has 1 aliphatic rings. The summed E-state index contributed by atoms with van der Waals surface area (Å²) in [5.41, 5.74) is 0.376.